The van der Waals surface area contributed by atoms with Gasteiger partial charge in [-0.05, 0) is 60.9 Å². The van der Waals surface area contributed by atoms with E-state index in [4.69, 9.17) is 14.2 Å². The molecule has 3 aromatic carbocycles. The summed E-state index contributed by atoms with van der Waals surface area (Å²) in [6, 6.07) is 20.6. The molecule has 0 aliphatic carbocycles. The highest BCUT2D eigenvalue weighted by atomic mass is 32.1. The Bertz CT molecular complexity index is 1750. The second kappa shape index (κ2) is 11.5. The van der Waals surface area contributed by atoms with Crippen molar-refractivity contribution in [2.24, 2.45) is 0 Å². The second-order valence-corrected chi connectivity index (χ2v) is 10.5. The smallest absolute Gasteiger partial charge is 0.326 e. The van der Waals surface area contributed by atoms with Crippen LogP contribution in [0.2, 0.25) is 0 Å². The molecule has 0 atom stereocenters. The zero-order chi connectivity index (χ0) is 28.3. The number of nitrogens with zero attached hydrogens (tertiary/aromatic N) is 4. The van der Waals surface area contributed by atoms with Gasteiger partial charge in [0.2, 0.25) is 0 Å². The molecule has 3 heterocycles. The molecule has 1 aliphatic heterocycles. The highest BCUT2D eigenvalue weighted by molar-refractivity contribution is 7.07. The highest BCUT2D eigenvalue weighted by Gasteiger charge is 2.27. The summed E-state index contributed by atoms with van der Waals surface area (Å²) in [5, 5.41) is 0.357. The number of para-hydroxylation sites is 2. The molecule has 1 fully saturated rings. The SMILES string of the molecule is COc1cccc(Cc2nsc(Oc3cc(C(=O)N4CCC(n5c(=O)[nH]c6ccccc65)CC4)ccc3OC)n2)c1. The van der Waals surface area contributed by atoms with Crippen molar-refractivity contribution in [1.82, 2.24) is 23.8 Å². The molecule has 5 aromatic rings. The number of carbonyl (C=O) groups excluding carboxylic acids is 1. The number of hydrogen-bond acceptors (Lipinski definition) is 8. The van der Waals surface area contributed by atoms with Gasteiger partial charge in [0.15, 0.2) is 17.3 Å². The van der Waals surface area contributed by atoms with Gasteiger partial charge in [-0.1, -0.05) is 24.3 Å². The van der Waals surface area contributed by atoms with Crippen molar-refractivity contribution in [2.45, 2.75) is 25.3 Å². The van der Waals surface area contributed by atoms with Crippen LogP contribution in [-0.4, -0.2) is 57.0 Å². The number of piperidine rings is 1. The van der Waals surface area contributed by atoms with Crippen LogP contribution >= 0.6 is 11.5 Å². The van der Waals surface area contributed by atoms with E-state index in [1.807, 2.05) is 58.0 Å². The maximum atomic E-state index is 13.5. The van der Waals surface area contributed by atoms with E-state index in [9.17, 15) is 9.59 Å². The van der Waals surface area contributed by atoms with Crippen LogP contribution in [0.4, 0.5) is 0 Å². The van der Waals surface area contributed by atoms with Crippen LogP contribution < -0.4 is 19.9 Å². The predicted octanol–water partition coefficient (Wildman–Crippen LogP) is 5.06. The molecule has 10 nitrogen and oxygen atoms in total. The van der Waals surface area contributed by atoms with Crippen LogP contribution in [0.1, 0.15) is 40.6 Å². The summed E-state index contributed by atoms with van der Waals surface area (Å²) < 4.78 is 23.1. The minimum absolute atomic E-state index is 0.0287. The number of aromatic nitrogens is 4. The number of amides is 1. The molecule has 0 unspecified atom stereocenters. The lowest BCUT2D eigenvalue weighted by atomic mass is 10.0. The number of methoxy groups -OCH3 is 2. The number of likely N-dealkylation sites (tertiary alicyclic amines) is 1. The molecule has 1 saturated heterocycles. The van der Waals surface area contributed by atoms with Gasteiger partial charge in [0.25, 0.3) is 11.1 Å². The molecule has 1 amide bonds. The number of carbonyl (C=O) groups is 1. The van der Waals surface area contributed by atoms with Crippen molar-refractivity contribution >= 4 is 28.5 Å². The van der Waals surface area contributed by atoms with Gasteiger partial charge in [0.05, 0.1) is 25.3 Å². The Balaban J connectivity index is 1.14. The Labute approximate surface area is 240 Å². The summed E-state index contributed by atoms with van der Waals surface area (Å²) in [5.41, 5.74) is 3.12. The van der Waals surface area contributed by atoms with Crippen LogP contribution in [0, 0.1) is 0 Å². The standard InChI is InChI=1S/C30H29N5O5S/c1-38-22-7-5-6-19(16-22)17-27-32-30(41-33-27)40-26-18-20(10-11-25(26)39-2)28(36)34-14-12-21(13-15-34)35-24-9-4-3-8-23(24)31-29(35)37/h3-11,16,18,21H,12-15,17H2,1-2H3,(H,31,37). The first-order valence-electron chi connectivity index (χ1n) is 13.3. The van der Waals surface area contributed by atoms with Crippen LogP contribution in [0.15, 0.2) is 71.5 Å². The first-order valence-corrected chi connectivity index (χ1v) is 14.1. The summed E-state index contributed by atoms with van der Waals surface area (Å²) in [6.07, 6.45) is 1.91. The van der Waals surface area contributed by atoms with E-state index < -0.39 is 0 Å². The van der Waals surface area contributed by atoms with Gasteiger partial charge >= 0.3 is 5.69 Å². The molecule has 6 rings (SSSR count). The lowest BCUT2D eigenvalue weighted by molar-refractivity contribution is 0.0694. The molecule has 0 bridgehead atoms. The first kappa shape index (κ1) is 26.6. The van der Waals surface area contributed by atoms with Gasteiger partial charge in [0.1, 0.15) is 5.75 Å². The quantitative estimate of drug-likeness (QED) is 0.277. The third-order valence-electron chi connectivity index (χ3n) is 7.29. The molecule has 0 spiro atoms. The van der Waals surface area contributed by atoms with Gasteiger partial charge in [0, 0.05) is 42.6 Å². The van der Waals surface area contributed by atoms with E-state index in [-0.39, 0.29) is 17.6 Å². The monoisotopic (exact) mass is 571 g/mol. The molecule has 1 N–H and O–H groups in total. The molecule has 1 aliphatic rings. The van der Waals surface area contributed by atoms with Crippen LogP contribution in [0.3, 0.4) is 0 Å². The fourth-order valence-corrected chi connectivity index (χ4v) is 5.81. The maximum absolute atomic E-state index is 13.5. The molecule has 11 heteroatoms. The zero-order valence-corrected chi connectivity index (χ0v) is 23.5. The van der Waals surface area contributed by atoms with Crippen molar-refractivity contribution in [1.29, 1.82) is 0 Å². The largest absolute Gasteiger partial charge is 0.497 e. The van der Waals surface area contributed by atoms with Crippen LogP contribution in [0.5, 0.6) is 22.4 Å². The Morgan fingerprint density at radius 3 is 2.63 bits per heavy atom. The number of nitrogens with one attached hydrogen (secondary N) is 1. The molecular weight excluding hydrogens is 542 g/mol. The van der Waals surface area contributed by atoms with E-state index in [1.54, 1.807) is 32.4 Å². The number of rotatable bonds is 8. The van der Waals surface area contributed by atoms with E-state index in [0.29, 0.717) is 60.4 Å². The summed E-state index contributed by atoms with van der Waals surface area (Å²) in [6.45, 7) is 1.09. The van der Waals surface area contributed by atoms with E-state index in [1.165, 1.54) is 0 Å². The summed E-state index contributed by atoms with van der Waals surface area (Å²) in [7, 11) is 3.18. The molecule has 0 radical (unpaired) electrons. The van der Waals surface area contributed by atoms with Gasteiger partial charge in [-0.3, -0.25) is 9.36 Å². The average Bonchev–Trinajstić information content (AvgIpc) is 3.59. The number of fused-ring (bicyclic) bond motifs is 1. The minimum Gasteiger partial charge on any atom is -0.497 e. The third kappa shape index (κ3) is 5.53. The maximum Gasteiger partial charge on any atom is 0.326 e. The average molecular weight is 572 g/mol. The van der Waals surface area contributed by atoms with Crippen LogP contribution in [-0.2, 0) is 6.42 Å². The van der Waals surface area contributed by atoms with Gasteiger partial charge in [-0.2, -0.15) is 9.36 Å². The van der Waals surface area contributed by atoms with Gasteiger partial charge in [-0.15, -0.1) is 0 Å². The van der Waals surface area contributed by atoms with E-state index in [0.717, 1.165) is 33.9 Å². The number of imidazole rings is 1. The molecule has 41 heavy (non-hydrogen) atoms. The first-order chi connectivity index (χ1) is 20.0. The number of benzene rings is 3. The number of H-pyrrole nitrogens is 1. The normalized spacial score (nSPS) is 13.9. The van der Waals surface area contributed by atoms with E-state index >= 15 is 0 Å². The highest BCUT2D eigenvalue weighted by Crippen LogP contribution is 2.34. The van der Waals surface area contributed by atoms with Crippen molar-refractivity contribution < 1.29 is 19.0 Å². The lowest BCUT2D eigenvalue weighted by Crippen LogP contribution is -2.40. The number of ether oxygens (including phenoxy) is 3. The van der Waals surface area contributed by atoms with Crippen molar-refractivity contribution in [3.8, 4) is 22.4 Å². The topological polar surface area (TPSA) is 112 Å². The number of aromatic amines is 1. The second-order valence-electron chi connectivity index (χ2n) is 9.81. The number of hydrogen-bond donors (Lipinski definition) is 1. The lowest BCUT2D eigenvalue weighted by Gasteiger charge is -2.32. The fourth-order valence-electron chi connectivity index (χ4n) is 5.25. The Hall–Kier alpha value is -4.64. The predicted molar refractivity (Wildman–Crippen MR) is 156 cm³/mol. The minimum atomic E-state index is -0.115. The third-order valence-corrected chi connectivity index (χ3v) is 7.93. The molecular formula is C30H29N5O5S. The van der Waals surface area contributed by atoms with Crippen LogP contribution in [0.25, 0.3) is 11.0 Å². The molecule has 0 saturated carbocycles. The van der Waals surface area contributed by atoms with Crippen molar-refractivity contribution in [3.05, 3.63) is 94.2 Å². The molecule has 210 valence electrons. The Kier molecular flexibility index (Phi) is 7.43. The molecule has 2 aromatic heterocycles. The Morgan fingerprint density at radius 2 is 1.83 bits per heavy atom. The Morgan fingerprint density at radius 1 is 1.00 bits per heavy atom. The summed E-state index contributed by atoms with van der Waals surface area (Å²) in [5.74, 6) is 2.18. The summed E-state index contributed by atoms with van der Waals surface area (Å²) in [4.78, 5) is 35.4. The van der Waals surface area contributed by atoms with Gasteiger partial charge < -0.3 is 24.1 Å². The van der Waals surface area contributed by atoms with Crippen molar-refractivity contribution in [2.75, 3.05) is 27.3 Å². The zero-order valence-electron chi connectivity index (χ0n) is 22.7. The summed E-state index contributed by atoms with van der Waals surface area (Å²) >= 11 is 1.14. The van der Waals surface area contributed by atoms with Gasteiger partial charge in [-0.25, -0.2) is 4.79 Å². The fraction of sp³-hybridized carbons (Fsp3) is 0.267. The van der Waals surface area contributed by atoms with E-state index in [2.05, 4.69) is 14.3 Å². The van der Waals surface area contributed by atoms with Crippen molar-refractivity contribution in [3.63, 3.8) is 0 Å².